The number of benzene rings is 3. The van der Waals surface area contributed by atoms with E-state index in [9.17, 15) is 18.3 Å². The summed E-state index contributed by atoms with van der Waals surface area (Å²) in [6.07, 6.45) is -1.01. The third-order valence-corrected chi connectivity index (χ3v) is 6.47. The van der Waals surface area contributed by atoms with Crippen LogP contribution in [0.25, 0.3) is 0 Å². The fraction of sp³-hybridized carbons (Fsp3) is 0.136. The Morgan fingerprint density at radius 1 is 1.00 bits per heavy atom. The molecule has 168 valence electrons. The van der Waals surface area contributed by atoms with E-state index in [4.69, 9.17) is 27.9 Å². The quantitative estimate of drug-likeness (QED) is 0.417. The molecule has 0 bridgehead atoms. The predicted molar refractivity (Wildman–Crippen MR) is 124 cm³/mol. The number of amides is 1. The zero-order chi connectivity index (χ0) is 23.1. The Hall–Kier alpha value is -2.78. The Labute approximate surface area is 196 Å². The topological polar surface area (TPSA) is 105 Å². The zero-order valence-electron chi connectivity index (χ0n) is 16.7. The molecule has 3 N–H and O–H groups in total. The molecule has 0 radical (unpaired) electrons. The first kappa shape index (κ1) is 23.9. The van der Waals surface area contributed by atoms with Crippen LogP contribution in [-0.2, 0) is 10.0 Å². The highest BCUT2D eigenvalue weighted by Crippen LogP contribution is 2.31. The number of aliphatic hydroxyl groups excluding tert-OH is 1. The van der Waals surface area contributed by atoms with Crippen molar-refractivity contribution in [2.45, 2.75) is 11.0 Å². The van der Waals surface area contributed by atoms with Crippen LogP contribution in [0.3, 0.4) is 0 Å². The molecule has 0 spiro atoms. The molecule has 10 heteroatoms. The summed E-state index contributed by atoms with van der Waals surface area (Å²) in [5.74, 6) is -0.159. The van der Waals surface area contributed by atoms with Gasteiger partial charge < -0.3 is 15.2 Å². The minimum absolute atomic E-state index is 0.0863. The lowest BCUT2D eigenvalue weighted by Crippen LogP contribution is -2.35. The van der Waals surface area contributed by atoms with Crippen molar-refractivity contribution in [3.8, 4) is 5.75 Å². The molecule has 0 fully saturated rings. The summed E-state index contributed by atoms with van der Waals surface area (Å²) >= 11 is 11.9. The number of anilines is 1. The number of carbonyl (C=O) groups excluding carboxylic acids is 1. The van der Waals surface area contributed by atoms with Gasteiger partial charge in [-0.2, -0.15) is 0 Å². The maximum atomic E-state index is 12.5. The Morgan fingerprint density at radius 2 is 1.72 bits per heavy atom. The van der Waals surface area contributed by atoms with Crippen molar-refractivity contribution >= 4 is 44.8 Å². The first-order valence-corrected chi connectivity index (χ1v) is 11.7. The standard InChI is InChI=1S/C22H20Cl2N2O5S/c23-19-10-5-11-20(21(19)24)31-14-17(27)13-25-22(28)15-6-4-7-16(12-15)26-32(29,30)18-8-2-1-3-9-18/h1-12,17,26-27H,13-14H2,(H,25,28). The molecule has 3 rings (SSSR count). The first-order valence-electron chi connectivity index (χ1n) is 9.47. The molecule has 3 aromatic carbocycles. The van der Waals surface area contributed by atoms with Crippen LogP contribution >= 0.6 is 23.2 Å². The summed E-state index contributed by atoms with van der Waals surface area (Å²) < 4.78 is 32.8. The Balaban J connectivity index is 1.56. The molecular formula is C22H20Cl2N2O5S. The van der Waals surface area contributed by atoms with Gasteiger partial charge in [0.1, 0.15) is 23.5 Å². The van der Waals surface area contributed by atoms with Gasteiger partial charge in [-0.05, 0) is 42.5 Å². The lowest BCUT2D eigenvalue weighted by Gasteiger charge is -2.15. The highest BCUT2D eigenvalue weighted by molar-refractivity contribution is 7.92. The van der Waals surface area contributed by atoms with E-state index < -0.39 is 22.0 Å². The number of hydrogen-bond donors (Lipinski definition) is 3. The van der Waals surface area contributed by atoms with Crippen molar-refractivity contribution in [1.29, 1.82) is 0 Å². The van der Waals surface area contributed by atoms with Crippen LogP contribution in [0, 0.1) is 0 Å². The molecule has 1 amide bonds. The van der Waals surface area contributed by atoms with E-state index in [1.807, 2.05) is 0 Å². The first-order chi connectivity index (χ1) is 15.3. The van der Waals surface area contributed by atoms with E-state index in [1.54, 1.807) is 42.5 Å². The summed E-state index contributed by atoms with van der Waals surface area (Å²) in [4.78, 5) is 12.5. The number of aliphatic hydroxyl groups is 1. The summed E-state index contributed by atoms with van der Waals surface area (Å²) in [6, 6.07) is 18.8. The minimum Gasteiger partial charge on any atom is -0.489 e. The van der Waals surface area contributed by atoms with Crippen molar-refractivity contribution in [3.05, 3.63) is 88.4 Å². The Bertz CT molecular complexity index is 1190. The van der Waals surface area contributed by atoms with Crippen LogP contribution < -0.4 is 14.8 Å². The van der Waals surface area contributed by atoms with Gasteiger partial charge in [0, 0.05) is 17.8 Å². The molecule has 7 nitrogen and oxygen atoms in total. The molecule has 32 heavy (non-hydrogen) atoms. The van der Waals surface area contributed by atoms with Crippen LogP contribution in [0.2, 0.25) is 10.0 Å². The minimum atomic E-state index is -3.78. The monoisotopic (exact) mass is 494 g/mol. The molecule has 1 unspecified atom stereocenters. The second-order valence-corrected chi connectivity index (χ2v) is 9.19. The molecule has 1 atom stereocenters. The normalized spacial score (nSPS) is 12.1. The maximum Gasteiger partial charge on any atom is 0.261 e. The zero-order valence-corrected chi connectivity index (χ0v) is 19.0. The van der Waals surface area contributed by atoms with E-state index in [2.05, 4.69) is 10.0 Å². The van der Waals surface area contributed by atoms with Gasteiger partial charge in [0.05, 0.1) is 9.92 Å². The van der Waals surface area contributed by atoms with Crippen molar-refractivity contribution in [3.63, 3.8) is 0 Å². The van der Waals surface area contributed by atoms with E-state index >= 15 is 0 Å². The van der Waals surface area contributed by atoms with Gasteiger partial charge in [-0.3, -0.25) is 9.52 Å². The lowest BCUT2D eigenvalue weighted by atomic mass is 10.2. The van der Waals surface area contributed by atoms with Crippen LogP contribution in [-0.4, -0.2) is 38.7 Å². The average molecular weight is 495 g/mol. The summed E-state index contributed by atoms with van der Waals surface area (Å²) in [7, 11) is -3.78. The number of hydrogen-bond acceptors (Lipinski definition) is 5. The molecule has 3 aromatic rings. The largest absolute Gasteiger partial charge is 0.489 e. The molecule has 0 aromatic heterocycles. The van der Waals surface area contributed by atoms with E-state index in [1.165, 1.54) is 30.3 Å². The third-order valence-electron chi connectivity index (χ3n) is 4.28. The predicted octanol–water partition coefficient (Wildman–Crippen LogP) is 3.96. The van der Waals surface area contributed by atoms with Crippen molar-refractivity contribution in [1.82, 2.24) is 5.32 Å². The summed E-state index contributed by atoms with van der Waals surface area (Å²) in [5, 5.41) is 13.2. The van der Waals surface area contributed by atoms with Gasteiger partial charge in [0.2, 0.25) is 0 Å². The Morgan fingerprint density at radius 3 is 2.47 bits per heavy atom. The van der Waals surface area contributed by atoms with Gasteiger partial charge in [0.25, 0.3) is 15.9 Å². The molecule has 0 aliphatic rings. The fourth-order valence-corrected chi connectivity index (χ4v) is 4.11. The number of ether oxygens (including phenoxy) is 1. The fourth-order valence-electron chi connectivity index (χ4n) is 2.69. The lowest BCUT2D eigenvalue weighted by molar-refractivity contribution is 0.0844. The second-order valence-electron chi connectivity index (χ2n) is 6.73. The maximum absolute atomic E-state index is 12.5. The van der Waals surface area contributed by atoms with Crippen LogP contribution in [0.15, 0.2) is 77.7 Å². The molecule has 0 heterocycles. The van der Waals surface area contributed by atoms with Gasteiger partial charge in [-0.15, -0.1) is 0 Å². The summed E-state index contributed by atoms with van der Waals surface area (Å²) in [5.41, 5.74) is 0.463. The van der Waals surface area contributed by atoms with Crippen LogP contribution in [0.5, 0.6) is 5.75 Å². The highest BCUT2D eigenvalue weighted by atomic mass is 35.5. The van der Waals surface area contributed by atoms with Gasteiger partial charge in [-0.25, -0.2) is 8.42 Å². The molecule has 0 saturated carbocycles. The van der Waals surface area contributed by atoms with Gasteiger partial charge in [0.15, 0.2) is 0 Å². The van der Waals surface area contributed by atoms with Gasteiger partial charge in [-0.1, -0.05) is 53.5 Å². The van der Waals surface area contributed by atoms with Gasteiger partial charge >= 0.3 is 0 Å². The number of rotatable bonds is 9. The van der Waals surface area contributed by atoms with Crippen LogP contribution in [0.4, 0.5) is 5.69 Å². The van der Waals surface area contributed by atoms with E-state index in [0.717, 1.165) is 0 Å². The van der Waals surface area contributed by atoms with E-state index in [0.29, 0.717) is 10.8 Å². The molecule has 0 aliphatic carbocycles. The smallest absolute Gasteiger partial charge is 0.261 e. The van der Waals surface area contributed by atoms with Crippen LogP contribution in [0.1, 0.15) is 10.4 Å². The van der Waals surface area contributed by atoms with Crippen molar-refractivity contribution in [2.75, 3.05) is 17.9 Å². The van der Waals surface area contributed by atoms with Crippen molar-refractivity contribution in [2.24, 2.45) is 0 Å². The average Bonchev–Trinajstić information content (AvgIpc) is 2.79. The molecular weight excluding hydrogens is 475 g/mol. The number of carbonyl (C=O) groups is 1. The summed E-state index contributed by atoms with van der Waals surface area (Å²) in [6.45, 7) is -0.200. The van der Waals surface area contributed by atoms with E-state index in [-0.39, 0.29) is 34.3 Å². The second kappa shape index (κ2) is 10.7. The highest BCUT2D eigenvalue weighted by Gasteiger charge is 2.15. The number of sulfonamides is 1. The number of halogens is 2. The molecule has 0 aliphatic heterocycles. The SMILES string of the molecule is O=C(NCC(O)COc1cccc(Cl)c1Cl)c1cccc(NS(=O)(=O)c2ccccc2)c1. The number of nitrogens with one attached hydrogen (secondary N) is 2. The third kappa shape index (κ3) is 6.37. The molecule has 0 saturated heterocycles. The Kier molecular flexibility index (Phi) is 7.98. The van der Waals surface area contributed by atoms with Crippen molar-refractivity contribution < 1.29 is 23.1 Å².